The van der Waals surface area contributed by atoms with E-state index in [1.165, 1.54) is 14.0 Å². The Morgan fingerprint density at radius 2 is 1.96 bits per heavy atom. The number of anilines is 2. The molecule has 7 heteroatoms. The first-order chi connectivity index (χ1) is 13.0. The lowest BCUT2D eigenvalue weighted by Crippen LogP contribution is -2.30. The molecule has 140 valence electrons. The number of fused-ring (bicyclic) bond motifs is 1. The topological polar surface area (TPSA) is 93.7 Å². The molecule has 0 unspecified atom stereocenters. The first-order valence-electron chi connectivity index (χ1n) is 8.55. The van der Waals surface area contributed by atoms with Crippen LogP contribution in [0.4, 0.5) is 11.4 Å². The average Bonchev–Trinajstić information content (AvgIpc) is 2.67. The van der Waals surface area contributed by atoms with Crippen LogP contribution in [0.5, 0.6) is 5.75 Å². The number of rotatable bonds is 5. The third kappa shape index (κ3) is 4.44. The van der Waals surface area contributed by atoms with E-state index in [-0.39, 0.29) is 5.91 Å². The second-order valence-corrected chi connectivity index (χ2v) is 6.19. The van der Waals surface area contributed by atoms with Gasteiger partial charge in [0.25, 0.3) is 5.91 Å². The summed E-state index contributed by atoms with van der Waals surface area (Å²) >= 11 is 0. The van der Waals surface area contributed by atoms with E-state index in [9.17, 15) is 14.4 Å². The number of hydrogen-bond donors (Lipinski definition) is 2. The van der Waals surface area contributed by atoms with Crippen molar-refractivity contribution in [3.63, 3.8) is 0 Å². The van der Waals surface area contributed by atoms with Gasteiger partial charge in [0.15, 0.2) is 6.10 Å². The van der Waals surface area contributed by atoms with Crippen LogP contribution in [0.25, 0.3) is 0 Å². The Labute approximate surface area is 156 Å². The molecule has 0 bridgehead atoms. The minimum atomic E-state index is -0.973. The maximum Gasteiger partial charge on any atom is 0.338 e. The van der Waals surface area contributed by atoms with Crippen LogP contribution in [0, 0.1) is 0 Å². The summed E-state index contributed by atoms with van der Waals surface area (Å²) in [6, 6.07) is 11.8. The molecule has 2 N–H and O–H groups in total. The summed E-state index contributed by atoms with van der Waals surface area (Å²) in [5.74, 6) is -0.468. The molecule has 27 heavy (non-hydrogen) atoms. The normalized spacial score (nSPS) is 13.8. The number of aryl methyl sites for hydroxylation is 1. The quantitative estimate of drug-likeness (QED) is 0.792. The Morgan fingerprint density at radius 3 is 2.74 bits per heavy atom. The monoisotopic (exact) mass is 368 g/mol. The molecule has 1 aliphatic heterocycles. The molecule has 2 aromatic rings. The fourth-order valence-corrected chi connectivity index (χ4v) is 2.74. The van der Waals surface area contributed by atoms with Crippen molar-refractivity contribution < 1.29 is 23.9 Å². The first kappa shape index (κ1) is 18.4. The highest BCUT2D eigenvalue weighted by Crippen LogP contribution is 2.24. The van der Waals surface area contributed by atoms with E-state index in [1.54, 1.807) is 42.5 Å². The van der Waals surface area contributed by atoms with Crippen molar-refractivity contribution in [2.75, 3.05) is 17.7 Å². The van der Waals surface area contributed by atoms with Gasteiger partial charge in [0, 0.05) is 23.9 Å². The molecule has 0 aromatic heterocycles. The molecule has 2 aromatic carbocycles. The molecule has 1 aliphatic rings. The number of hydrogen-bond acceptors (Lipinski definition) is 5. The molecule has 0 radical (unpaired) electrons. The zero-order chi connectivity index (χ0) is 19.4. The van der Waals surface area contributed by atoms with Gasteiger partial charge in [0.05, 0.1) is 12.7 Å². The predicted molar refractivity (Wildman–Crippen MR) is 99.9 cm³/mol. The molecule has 2 amide bonds. The maximum atomic E-state index is 12.4. The third-order valence-corrected chi connectivity index (χ3v) is 4.23. The zero-order valence-corrected chi connectivity index (χ0v) is 15.1. The van der Waals surface area contributed by atoms with Gasteiger partial charge in [-0.15, -0.1) is 0 Å². The van der Waals surface area contributed by atoms with E-state index in [0.717, 1.165) is 5.56 Å². The van der Waals surface area contributed by atoms with Gasteiger partial charge in [0.1, 0.15) is 5.75 Å². The first-order valence-corrected chi connectivity index (χ1v) is 8.55. The second kappa shape index (κ2) is 7.90. The Hall–Kier alpha value is -3.35. The lowest BCUT2D eigenvalue weighted by molar-refractivity contribution is -0.123. The SMILES string of the molecule is COc1cccc(NC(=O)[C@H](C)OC(=O)c2ccc3c(c2)CCC(=O)N3)c1. The number of esters is 1. The number of ether oxygens (including phenoxy) is 2. The predicted octanol–water partition coefficient (Wildman–Crippen LogP) is 2.76. The van der Waals surface area contributed by atoms with Crippen molar-refractivity contribution in [2.45, 2.75) is 25.9 Å². The summed E-state index contributed by atoms with van der Waals surface area (Å²) < 4.78 is 10.4. The summed E-state index contributed by atoms with van der Waals surface area (Å²) in [6.45, 7) is 1.51. The van der Waals surface area contributed by atoms with Gasteiger partial charge < -0.3 is 20.1 Å². The Morgan fingerprint density at radius 1 is 1.15 bits per heavy atom. The van der Waals surface area contributed by atoms with Crippen LogP contribution in [0.15, 0.2) is 42.5 Å². The van der Waals surface area contributed by atoms with Gasteiger partial charge in [-0.05, 0) is 49.2 Å². The minimum absolute atomic E-state index is 0.0411. The maximum absolute atomic E-state index is 12.4. The summed E-state index contributed by atoms with van der Waals surface area (Å²) in [4.78, 5) is 36.0. The largest absolute Gasteiger partial charge is 0.497 e. The van der Waals surface area contributed by atoms with Crippen LogP contribution in [0.3, 0.4) is 0 Å². The van der Waals surface area contributed by atoms with E-state index in [1.807, 2.05) is 0 Å². The van der Waals surface area contributed by atoms with Gasteiger partial charge in [-0.2, -0.15) is 0 Å². The van der Waals surface area contributed by atoms with Gasteiger partial charge in [-0.3, -0.25) is 9.59 Å². The number of amides is 2. The van der Waals surface area contributed by atoms with Crippen molar-refractivity contribution in [3.05, 3.63) is 53.6 Å². The number of carbonyl (C=O) groups is 3. The molecule has 1 heterocycles. The Bertz CT molecular complexity index is 894. The van der Waals surface area contributed by atoms with Crippen LogP contribution < -0.4 is 15.4 Å². The standard InChI is InChI=1S/C20H20N2O5/c1-12(19(24)21-15-4-3-5-16(11-15)26-2)27-20(25)14-6-8-17-13(10-14)7-9-18(23)22-17/h3-6,8,10-12H,7,9H2,1-2H3,(H,21,24)(H,22,23)/t12-/m0/s1. The van der Waals surface area contributed by atoms with Crippen molar-refractivity contribution in [1.29, 1.82) is 0 Å². The van der Waals surface area contributed by atoms with Crippen molar-refractivity contribution in [3.8, 4) is 5.75 Å². The minimum Gasteiger partial charge on any atom is -0.497 e. The third-order valence-electron chi connectivity index (χ3n) is 4.23. The molecule has 0 aliphatic carbocycles. The van der Waals surface area contributed by atoms with Crippen molar-refractivity contribution in [2.24, 2.45) is 0 Å². The van der Waals surface area contributed by atoms with Crippen LogP contribution >= 0.6 is 0 Å². The van der Waals surface area contributed by atoms with Gasteiger partial charge >= 0.3 is 5.97 Å². The molecule has 0 saturated heterocycles. The molecule has 3 rings (SSSR count). The smallest absolute Gasteiger partial charge is 0.338 e. The molecule has 7 nitrogen and oxygen atoms in total. The number of carbonyl (C=O) groups excluding carboxylic acids is 3. The lowest BCUT2D eigenvalue weighted by Gasteiger charge is -2.18. The van der Waals surface area contributed by atoms with E-state index >= 15 is 0 Å². The molecular weight excluding hydrogens is 348 g/mol. The van der Waals surface area contributed by atoms with Crippen LogP contribution in [-0.4, -0.2) is 31.0 Å². The highest BCUT2D eigenvalue weighted by molar-refractivity contribution is 5.98. The average molecular weight is 368 g/mol. The van der Waals surface area contributed by atoms with Crippen molar-refractivity contribution in [1.82, 2.24) is 0 Å². The zero-order valence-electron chi connectivity index (χ0n) is 15.1. The summed E-state index contributed by atoms with van der Waals surface area (Å²) in [7, 11) is 1.54. The fraction of sp³-hybridized carbons (Fsp3) is 0.250. The highest BCUT2D eigenvalue weighted by Gasteiger charge is 2.21. The number of benzene rings is 2. The van der Waals surface area contributed by atoms with Crippen LogP contribution in [0.2, 0.25) is 0 Å². The van der Waals surface area contributed by atoms with Crippen molar-refractivity contribution >= 4 is 29.2 Å². The summed E-state index contributed by atoms with van der Waals surface area (Å²) in [6.07, 6.45) is -0.0293. The fourth-order valence-electron chi connectivity index (χ4n) is 2.74. The van der Waals surface area contributed by atoms with Gasteiger partial charge in [-0.25, -0.2) is 4.79 Å². The number of methoxy groups -OCH3 is 1. The molecule has 0 saturated carbocycles. The highest BCUT2D eigenvalue weighted by atomic mass is 16.5. The van der Waals surface area contributed by atoms with Crippen LogP contribution in [-0.2, 0) is 20.7 Å². The molecule has 1 atom stereocenters. The lowest BCUT2D eigenvalue weighted by atomic mass is 10.0. The molecule has 0 spiro atoms. The van der Waals surface area contributed by atoms with E-state index < -0.39 is 18.0 Å². The van der Waals surface area contributed by atoms with Gasteiger partial charge in [0.2, 0.25) is 5.91 Å². The molecular formula is C20H20N2O5. The summed E-state index contributed by atoms with van der Waals surface area (Å²) in [5.41, 5.74) is 2.46. The second-order valence-electron chi connectivity index (χ2n) is 6.19. The van der Waals surface area contributed by atoms with Gasteiger partial charge in [-0.1, -0.05) is 6.07 Å². The number of nitrogens with one attached hydrogen (secondary N) is 2. The van der Waals surface area contributed by atoms with E-state index in [2.05, 4.69) is 10.6 Å². The molecule has 0 fully saturated rings. The van der Waals surface area contributed by atoms with E-state index in [0.29, 0.717) is 35.5 Å². The Balaban J connectivity index is 1.63. The summed E-state index contributed by atoms with van der Waals surface area (Å²) in [5, 5.41) is 5.44. The van der Waals surface area contributed by atoms with E-state index in [4.69, 9.17) is 9.47 Å². The van der Waals surface area contributed by atoms with Crippen LogP contribution in [0.1, 0.15) is 29.3 Å². The Kier molecular flexibility index (Phi) is 5.40.